The molecule has 3 rings (SSSR count). The zero-order valence-electron chi connectivity index (χ0n) is 16.8. The number of hydrogen-bond donors (Lipinski definition) is 1. The molecule has 0 aliphatic heterocycles. The van der Waals surface area contributed by atoms with Gasteiger partial charge in [0.25, 0.3) is 5.91 Å². The Bertz CT molecular complexity index is 1180. The molecule has 0 heterocycles. The zero-order valence-corrected chi connectivity index (χ0v) is 18.3. The fourth-order valence-electron chi connectivity index (χ4n) is 2.86. The molecule has 0 radical (unpaired) electrons. The standard InChI is InChI=1S/C25H19BrN2O3/c1-17(29)21-9-5-6-10-23(21)28-25(30)20(15-27)13-19-11-12-24(22(26)14-19)31-16-18-7-3-2-4-8-18/h2-14H,16H2,1H3,(H,28,30)/b20-13-. The third-order valence-corrected chi connectivity index (χ3v) is 5.04. The summed E-state index contributed by atoms with van der Waals surface area (Å²) in [4.78, 5) is 24.3. The van der Waals surface area contributed by atoms with E-state index in [2.05, 4.69) is 21.2 Å². The van der Waals surface area contributed by atoms with Crippen molar-refractivity contribution < 1.29 is 14.3 Å². The van der Waals surface area contributed by atoms with E-state index in [1.165, 1.54) is 13.0 Å². The predicted molar refractivity (Wildman–Crippen MR) is 124 cm³/mol. The highest BCUT2D eigenvalue weighted by atomic mass is 79.9. The first-order chi connectivity index (χ1) is 15.0. The average molecular weight is 475 g/mol. The van der Waals surface area contributed by atoms with Crippen molar-refractivity contribution in [2.24, 2.45) is 0 Å². The second-order valence-corrected chi connectivity index (χ2v) is 7.54. The number of amides is 1. The highest BCUT2D eigenvalue weighted by Gasteiger charge is 2.14. The molecule has 31 heavy (non-hydrogen) atoms. The molecule has 0 saturated carbocycles. The van der Waals surface area contributed by atoms with Crippen LogP contribution >= 0.6 is 15.9 Å². The number of nitrogens with zero attached hydrogens (tertiary/aromatic N) is 1. The van der Waals surface area contributed by atoms with Crippen LogP contribution in [-0.4, -0.2) is 11.7 Å². The topological polar surface area (TPSA) is 79.2 Å². The number of carbonyl (C=O) groups is 2. The molecule has 154 valence electrons. The second-order valence-electron chi connectivity index (χ2n) is 6.69. The smallest absolute Gasteiger partial charge is 0.266 e. The number of nitriles is 1. The lowest BCUT2D eigenvalue weighted by Crippen LogP contribution is -2.15. The van der Waals surface area contributed by atoms with Crippen LogP contribution in [0.2, 0.25) is 0 Å². The third kappa shape index (κ3) is 5.91. The fourth-order valence-corrected chi connectivity index (χ4v) is 3.37. The van der Waals surface area contributed by atoms with E-state index in [4.69, 9.17) is 4.74 Å². The zero-order chi connectivity index (χ0) is 22.2. The Morgan fingerprint density at radius 1 is 1.06 bits per heavy atom. The molecule has 0 aromatic heterocycles. The van der Waals surface area contributed by atoms with Gasteiger partial charge in [-0.15, -0.1) is 0 Å². The summed E-state index contributed by atoms with van der Waals surface area (Å²) in [7, 11) is 0. The first-order valence-electron chi connectivity index (χ1n) is 9.47. The number of para-hydroxylation sites is 1. The lowest BCUT2D eigenvalue weighted by atomic mass is 10.1. The number of benzene rings is 3. The summed E-state index contributed by atoms with van der Waals surface area (Å²) in [6.45, 7) is 1.85. The van der Waals surface area contributed by atoms with Crippen molar-refractivity contribution in [1.29, 1.82) is 5.26 Å². The summed E-state index contributed by atoms with van der Waals surface area (Å²) in [6, 6.07) is 23.7. The van der Waals surface area contributed by atoms with E-state index in [0.29, 0.717) is 33.6 Å². The maximum Gasteiger partial charge on any atom is 0.266 e. The monoisotopic (exact) mass is 474 g/mol. The molecule has 0 aliphatic rings. The predicted octanol–water partition coefficient (Wildman–Crippen LogP) is 5.78. The largest absolute Gasteiger partial charge is 0.488 e. The first-order valence-corrected chi connectivity index (χ1v) is 10.3. The number of nitrogens with one attached hydrogen (secondary N) is 1. The van der Waals surface area contributed by atoms with Gasteiger partial charge in [-0.2, -0.15) is 5.26 Å². The van der Waals surface area contributed by atoms with Gasteiger partial charge in [0, 0.05) is 5.56 Å². The van der Waals surface area contributed by atoms with Crippen molar-refractivity contribution in [2.75, 3.05) is 5.32 Å². The molecule has 3 aromatic carbocycles. The molecule has 1 N–H and O–H groups in total. The minimum absolute atomic E-state index is 0.0804. The van der Waals surface area contributed by atoms with Crippen LogP contribution in [0.5, 0.6) is 5.75 Å². The van der Waals surface area contributed by atoms with Crippen molar-refractivity contribution in [2.45, 2.75) is 13.5 Å². The van der Waals surface area contributed by atoms with Crippen LogP contribution in [0.15, 0.2) is 82.8 Å². The van der Waals surface area contributed by atoms with Gasteiger partial charge in [0.15, 0.2) is 5.78 Å². The molecular weight excluding hydrogens is 456 g/mol. The maximum atomic E-state index is 12.6. The van der Waals surface area contributed by atoms with E-state index in [1.54, 1.807) is 42.5 Å². The van der Waals surface area contributed by atoms with Crippen LogP contribution in [0.25, 0.3) is 6.08 Å². The molecule has 0 bridgehead atoms. The normalized spacial score (nSPS) is 10.8. The van der Waals surface area contributed by atoms with Crippen molar-refractivity contribution >= 4 is 39.4 Å². The van der Waals surface area contributed by atoms with Gasteiger partial charge in [0.2, 0.25) is 0 Å². The molecule has 3 aromatic rings. The highest BCUT2D eigenvalue weighted by Crippen LogP contribution is 2.28. The molecule has 0 unspecified atom stereocenters. The summed E-state index contributed by atoms with van der Waals surface area (Å²) < 4.78 is 6.53. The third-order valence-electron chi connectivity index (χ3n) is 4.42. The quantitative estimate of drug-likeness (QED) is 0.267. The highest BCUT2D eigenvalue weighted by molar-refractivity contribution is 9.10. The number of carbonyl (C=O) groups excluding carboxylic acids is 2. The number of rotatable bonds is 7. The van der Waals surface area contributed by atoms with E-state index in [-0.39, 0.29) is 11.4 Å². The van der Waals surface area contributed by atoms with Gasteiger partial charge in [-0.3, -0.25) is 9.59 Å². The number of ketones is 1. The molecule has 0 fully saturated rings. The van der Waals surface area contributed by atoms with Crippen molar-refractivity contribution in [1.82, 2.24) is 0 Å². The minimum Gasteiger partial charge on any atom is -0.488 e. The van der Waals surface area contributed by atoms with Crippen LogP contribution in [0, 0.1) is 11.3 Å². The van der Waals surface area contributed by atoms with E-state index in [0.717, 1.165) is 5.56 Å². The lowest BCUT2D eigenvalue weighted by Gasteiger charge is -2.10. The molecule has 5 nitrogen and oxygen atoms in total. The van der Waals surface area contributed by atoms with Gasteiger partial charge in [-0.25, -0.2) is 0 Å². The lowest BCUT2D eigenvalue weighted by molar-refractivity contribution is -0.112. The Morgan fingerprint density at radius 2 is 1.77 bits per heavy atom. The Hall–Kier alpha value is -3.69. The van der Waals surface area contributed by atoms with Crippen molar-refractivity contribution in [3.8, 4) is 11.8 Å². The molecule has 0 saturated heterocycles. The van der Waals surface area contributed by atoms with E-state index in [1.807, 2.05) is 36.4 Å². The van der Waals surface area contributed by atoms with E-state index in [9.17, 15) is 14.9 Å². The van der Waals surface area contributed by atoms with Crippen molar-refractivity contribution in [3.63, 3.8) is 0 Å². The second kappa shape index (κ2) is 10.4. The first kappa shape index (κ1) is 22.0. The Balaban J connectivity index is 1.75. The Kier molecular flexibility index (Phi) is 7.36. The van der Waals surface area contributed by atoms with E-state index >= 15 is 0 Å². The maximum absolute atomic E-state index is 12.6. The molecule has 0 aliphatic carbocycles. The number of halogens is 1. The van der Waals surface area contributed by atoms with Gasteiger partial charge in [0.1, 0.15) is 24.0 Å². The molecule has 1 amide bonds. The molecular formula is C25H19BrN2O3. The number of hydrogen-bond acceptors (Lipinski definition) is 4. The summed E-state index contributed by atoms with van der Waals surface area (Å²) in [5.74, 6) is -0.107. The fraction of sp³-hybridized carbons (Fsp3) is 0.0800. The summed E-state index contributed by atoms with van der Waals surface area (Å²) in [5.41, 5.74) is 2.38. The molecule has 0 atom stereocenters. The van der Waals surface area contributed by atoms with Crippen molar-refractivity contribution in [3.05, 3.63) is 99.5 Å². The summed E-state index contributed by atoms with van der Waals surface area (Å²) in [5, 5.41) is 12.1. The van der Waals surface area contributed by atoms with Gasteiger partial charge < -0.3 is 10.1 Å². The van der Waals surface area contributed by atoms with Crippen LogP contribution in [0.4, 0.5) is 5.69 Å². The average Bonchev–Trinajstić information content (AvgIpc) is 2.77. The van der Waals surface area contributed by atoms with Gasteiger partial charge in [0.05, 0.1) is 10.2 Å². The number of anilines is 1. The van der Waals surface area contributed by atoms with Crippen LogP contribution in [0.1, 0.15) is 28.4 Å². The summed E-state index contributed by atoms with van der Waals surface area (Å²) >= 11 is 3.47. The Morgan fingerprint density at radius 3 is 2.45 bits per heavy atom. The van der Waals surface area contributed by atoms with Crippen LogP contribution in [0.3, 0.4) is 0 Å². The van der Waals surface area contributed by atoms with Gasteiger partial charge >= 0.3 is 0 Å². The number of ether oxygens (including phenoxy) is 1. The summed E-state index contributed by atoms with van der Waals surface area (Å²) in [6.07, 6.45) is 1.48. The molecule has 6 heteroatoms. The van der Waals surface area contributed by atoms with E-state index < -0.39 is 5.91 Å². The number of Topliss-reactive ketones (excluding diaryl/α,β-unsaturated/α-hetero) is 1. The Labute approximate surface area is 189 Å². The SMILES string of the molecule is CC(=O)c1ccccc1NC(=O)/C(C#N)=C\c1ccc(OCc2ccccc2)c(Br)c1. The minimum atomic E-state index is -0.586. The van der Waals surface area contributed by atoms with Gasteiger partial charge in [-0.05, 0) is 64.3 Å². The molecule has 0 spiro atoms. The van der Waals surface area contributed by atoms with Crippen LogP contribution in [-0.2, 0) is 11.4 Å². The van der Waals surface area contributed by atoms with Crippen LogP contribution < -0.4 is 10.1 Å². The van der Waals surface area contributed by atoms with Gasteiger partial charge in [-0.1, -0.05) is 48.5 Å².